The molecule has 1 N–H and O–H groups in total. The highest BCUT2D eigenvalue weighted by Crippen LogP contribution is 2.47. The fourth-order valence-electron chi connectivity index (χ4n) is 4.48. The predicted octanol–water partition coefficient (Wildman–Crippen LogP) is 2.97. The van der Waals surface area contributed by atoms with Crippen molar-refractivity contribution in [2.24, 2.45) is 11.8 Å². The van der Waals surface area contributed by atoms with E-state index in [1.807, 2.05) is 17.0 Å². The van der Waals surface area contributed by atoms with E-state index in [-0.39, 0.29) is 6.03 Å². The van der Waals surface area contributed by atoms with Crippen LogP contribution in [0.4, 0.5) is 4.79 Å². The van der Waals surface area contributed by atoms with Crippen molar-refractivity contribution in [3.05, 3.63) is 29.8 Å². The maximum atomic E-state index is 12.3. The monoisotopic (exact) mass is 344 g/mol. The Morgan fingerprint density at radius 2 is 1.84 bits per heavy atom. The Kier molecular flexibility index (Phi) is 4.84. The van der Waals surface area contributed by atoms with Gasteiger partial charge in [0.25, 0.3) is 0 Å². The van der Waals surface area contributed by atoms with Gasteiger partial charge in [0, 0.05) is 31.5 Å². The predicted molar refractivity (Wildman–Crippen MR) is 95.8 cm³/mol. The molecule has 4 atom stereocenters. The van der Waals surface area contributed by atoms with Gasteiger partial charge in [0.05, 0.1) is 18.8 Å². The molecule has 2 amide bonds. The number of carbonyl (C=O) groups is 1. The summed E-state index contributed by atoms with van der Waals surface area (Å²) in [6, 6.07) is 8.19. The molecule has 0 aromatic heterocycles. The highest BCUT2D eigenvalue weighted by molar-refractivity contribution is 5.74. The van der Waals surface area contributed by atoms with Gasteiger partial charge in [-0.25, -0.2) is 4.79 Å². The molecule has 3 saturated heterocycles. The minimum Gasteiger partial charge on any atom is -0.494 e. The number of nitrogens with zero attached hydrogens (tertiary/aromatic N) is 1. The summed E-state index contributed by atoms with van der Waals surface area (Å²) in [5.74, 6) is 2.06. The first-order chi connectivity index (χ1) is 12.2. The average Bonchev–Trinajstić information content (AvgIpc) is 3.31. The second kappa shape index (κ2) is 7.24. The third-order valence-corrected chi connectivity index (χ3v) is 5.88. The van der Waals surface area contributed by atoms with E-state index in [4.69, 9.17) is 9.47 Å². The Hall–Kier alpha value is -1.75. The first kappa shape index (κ1) is 16.7. The molecule has 25 heavy (non-hydrogen) atoms. The first-order valence-electron chi connectivity index (χ1n) is 9.58. The molecule has 136 valence electrons. The van der Waals surface area contributed by atoms with Gasteiger partial charge in [-0.3, -0.25) is 0 Å². The Morgan fingerprint density at radius 3 is 2.52 bits per heavy atom. The Labute approximate surface area is 149 Å². The van der Waals surface area contributed by atoms with E-state index in [1.165, 1.54) is 18.4 Å². The quantitative estimate of drug-likeness (QED) is 0.807. The summed E-state index contributed by atoms with van der Waals surface area (Å²) in [5.41, 5.74) is 1.24. The molecule has 0 spiro atoms. The molecule has 5 nitrogen and oxygen atoms in total. The summed E-state index contributed by atoms with van der Waals surface area (Å²) >= 11 is 0. The van der Waals surface area contributed by atoms with Crippen LogP contribution in [0.3, 0.4) is 0 Å². The van der Waals surface area contributed by atoms with Crippen LogP contribution in [0.25, 0.3) is 0 Å². The number of hydrogen-bond donors (Lipinski definition) is 1. The third kappa shape index (κ3) is 3.61. The maximum absolute atomic E-state index is 12.3. The van der Waals surface area contributed by atoms with Crippen molar-refractivity contribution in [1.29, 1.82) is 0 Å². The molecule has 4 unspecified atom stereocenters. The van der Waals surface area contributed by atoms with Crippen LogP contribution in [0, 0.1) is 18.8 Å². The van der Waals surface area contributed by atoms with Crippen molar-refractivity contribution in [3.63, 3.8) is 0 Å². The summed E-state index contributed by atoms with van der Waals surface area (Å²) < 4.78 is 11.7. The van der Waals surface area contributed by atoms with Gasteiger partial charge in [0.15, 0.2) is 0 Å². The molecule has 0 radical (unpaired) electrons. The summed E-state index contributed by atoms with van der Waals surface area (Å²) in [6.07, 6.45) is 5.06. The molecule has 3 aliphatic heterocycles. The molecule has 3 fully saturated rings. The van der Waals surface area contributed by atoms with Gasteiger partial charge in [0.1, 0.15) is 5.75 Å². The third-order valence-electron chi connectivity index (χ3n) is 5.88. The molecule has 3 heterocycles. The van der Waals surface area contributed by atoms with Crippen LogP contribution in [0.2, 0.25) is 0 Å². The number of amides is 2. The van der Waals surface area contributed by atoms with Gasteiger partial charge in [-0.05, 0) is 44.7 Å². The number of benzene rings is 1. The van der Waals surface area contributed by atoms with Crippen LogP contribution in [0.5, 0.6) is 5.75 Å². The number of carbonyl (C=O) groups excluding carboxylic acids is 1. The Morgan fingerprint density at radius 1 is 1.16 bits per heavy atom. The zero-order valence-corrected chi connectivity index (χ0v) is 14.9. The number of hydrogen-bond acceptors (Lipinski definition) is 3. The lowest BCUT2D eigenvalue weighted by Crippen LogP contribution is -2.40. The molecular formula is C20H28N2O3. The molecule has 1 aromatic rings. The normalized spacial score (nSPS) is 29.7. The molecule has 5 heteroatoms. The van der Waals surface area contributed by atoms with E-state index in [0.717, 1.165) is 31.7 Å². The highest BCUT2D eigenvalue weighted by Gasteiger charge is 2.53. The van der Waals surface area contributed by atoms with E-state index in [9.17, 15) is 4.79 Å². The summed E-state index contributed by atoms with van der Waals surface area (Å²) in [6.45, 7) is 5.21. The van der Waals surface area contributed by atoms with Crippen molar-refractivity contribution in [2.45, 2.75) is 44.8 Å². The number of urea groups is 1. The van der Waals surface area contributed by atoms with E-state index >= 15 is 0 Å². The number of ether oxygens (including phenoxy) is 2. The van der Waals surface area contributed by atoms with E-state index in [1.54, 1.807) is 0 Å². The van der Waals surface area contributed by atoms with Crippen molar-refractivity contribution in [1.82, 2.24) is 10.2 Å². The number of rotatable bonds is 6. The number of nitrogens with one attached hydrogen (secondary N) is 1. The topological polar surface area (TPSA) is 50.8 Å². The number of unbranched alkanes of at least 4 members (excludes halogenated alkanes) is 1. The van der Waals surface area contributed by atoms with Crippen molar-refractivity contribution in [2.75, 3.05) is 26.2 Å². The van der Waals surface area contributed by atoms with Gasteiger partial charge >= 0.3 is 6.03 Å². The molecule has 2 bridgehead atoms. The van der Waals surface area contributed by atoms with Crippen LogP contribution >= 0.6 is 0 Å². The number of aryl methyl sites for hydroxylation is 1. The van der Waals surface area contributed by atoms with Gasteiger partial charge in [-0.2, -0.15) is 0 Å². The molecular weight excluding hydrogens is 316 g/mol. The first-order valence-corrected chi connectivity index (χ1v) is 9.58. The summed E-state index contributed by atoms with van der Waals surface area (Å²) in [4.78, 5) is 14.3. The van der Waals surface area contributed by atoms with E-state index < -0.39 is 0 Å². The lowest BCUT2D eigenvalue weighted by atomic mass is 9.82. The van der Waals surface area contributed by atoms with Gasteiger partial charge in [-0.1, -0.05) is 17.7 Å². The van der Waals surface area contributed by atoms with Crippen LogP contribution in [0.15, 0.2) is 24.3 Å². The highest BCUT2D eigenvalue weighted by atomic mass is 16.5. The number of fused-ring (bicyclic) bond motifs is 5. The van der Waals surface area contributed by atoms with Crippen LogP contribution in [0.1, 0.15) is 31.2 Å². The van der Waals surface area contributed by atoms with Crippen LogP contribution in [-0.4, -0.2) is 49.4 Å². The molecule has 4 rings (SSSR count). The minimum absolute atomic E-state index is 0.0910. The fourth-order valence-corrected chi connectivity index (χ4v) is 4.48. The maximum Gasteiger partial charge on any atom is 0.317 e. The van der Waals surface area contributed by atoms with Crippen molar-refractivity contribution >= 4 is 6.03 Å². The zero-order chi connectivity index (χ0) is 17.2. The summed E-state index contributed by atoms with van der Waals surface area (Å²) in [7, 11) is 0. The molecule has 0 aliphatic carbocycles. The number of likely N-dealkylation sites (tertiary alicyclic amines) is 1. The van der Waals surface area contributed by atoms with Gasteiger partial charge in [-0.15, -0.1) is 0 Å². The van der Waals surface area contributed by atoms with Crippen molar-refractivity contribution in [3.8, 4) is 5.75 Å². The fraction of sp³-hybridized carbons (Fsp3) is 0.650. The van der Waals surface area contributed by atoms with E-state index in [0.29, 0.717) is 37.2 Å². The van der Waals surface area contributed by atoms with Gasteiger partial charge in [0.2, 0.25) is 0 Å². The standard InChI is InChI=1S/C20H28N2O3/c1-14-4-6-15(7-5-14)24-11-3-2-10-21-20(23)22-12-16-17(13-22)19-9-8-18(16)25-19/h4-7,16-19H,2-3,8-13H2,1H3,(H,21,23). The SMILES string of the molecule is Cc1ccc(OCCCCNC(=O)N2CC3C4CCC(O4)C3C2)cc1. The molecule has 1 aromatic carbocycles. The second-order valence-corrected chi connectivity index (χ2v) is 7.62. The lowest BCUT2D eigenvalue weighted by molar-refractivity contribution is 0.0739. The Balaban J connectivity index is 1.10. The minimum atomic E-state index is 0.0910. The lowest BCUT2D eigenvalue weighted by Gasteiger charge is -2.19. The van der Waals surface area contributed by atoms with E-state index in [2.05, 4.69) is 24.4 Å². The van der Waals surface area contributed by atoms with Crippen LogP contribution in [-0.2, 0) is 4.74 Å². The Bertz CT molecular complexity index is 585. The molecule has 3 aliphatic rings. The smallest absolute Gasteiger partial charge is 0.317 e. The largest absolute Gasteiger partial charge is 0.494 e. The molecule has 0 saturated carbocycles. The van der Waals surface area contributed by atoms with Crippen LogP contribution < -0.4 is 10.1 Å². The average molecular weight is 344 g/mol. The zero-order valence-electron chi connectivity index (χ0n) is 14.9. The van der Waals surface area contributed by atoms with Gasteiger partial charge < -0.3 is 19.7 Å². The second-order valence-electron chi connectivity index (χ2n) is 7.62. The van der Waals surface area contributed by atoms with Crippen molar-refractivity contribution < 1.29 is 14.3 Å². The summed E-state index contributed by atoms with van der Waals surface area (Å²) in [5, 5.41) is 3.06.